The predicted octanol–water partition coefficient (Wildman–Crippen LogP) is 1.66. The quantitative estimate of drug-likeness (QED) is 0.777. The van der Waals surface area contributed by atoms with Gasteiger partial charge in [0.25, 0.3) is 0 Å². The van der Waals surface area contributed by atoms with Crippen molar-refractivity contribution >= 4 is 0 Å². The van der Waals surface area contributed by atoms with Gasteiger partial charge in [0, 0.05) is 29.8 Å². The molecule has 1 atom stereocenters. The molecule has 0 aliphatic carbocycles. The topological polar surface area (TPSA) is 51.8 Å². The minimum Gasteiger partial charge on any atom is -0.328 e. The molecular weight excluding hydrogens is 174 g/mol. The summed E-state index contributed by atoms with van der Waals surface area (Å²) in [6.07, 6.45) is 2.55. The van der Waals surface area contributed by atoms with Crippen molar-refractivity contribution in [3.8, 4) is 0 Å². The van der Waals surface area contributed by atoms with E-state index in [-0.39, 0.29) is 11.5 Å². The Bertz CT molecular complexity index is 300. The maximum Gasteiger partial charge on any atom is 0.130 e. The maximum atomic E-state index is 5.70. The van der Waals surface area contributed by atoms with Crippen LogP contribution in [0.1, 0.15) is 39.2 Å². The summed E-state index contributed by atoms with van der Waals surface area (Å²) in [5.74, 6) is 0.840. The summed E-state index contributed by atoms with van der Waals surface area (Å²) in [5, 5.41) is 0. The van der Waals surface area contributed by atoms with Crippen LogP contribution in [0.3, 0.4) is 0 Å². The third kappa shape index (κ3) is 3.07. The van der Waals surface area contributed by atoms with Gasteiger partial charge in [-0.1, -0.05) is 20.8 Å². The fraction of sp³-hybridized carbons (Fsp3) is 0.636. The third-order valence-corrected chi connectivity index (χ3v) is 1.98. The minimum absolute atomic E-state index is 0.0789. The van der Waals surface area contributed by atoms with Crippen LogP contribution in [-0.4, -0.2) is 16.0 Å². The monoisotopic (exact) mass is 193 g/mol. The van der Waals surface area contributed by atoms with Gasteiger partial charge in [-0.2, -0.15) is 0 Å². The van der Waals surface area contributed by atoms with Crippen LogP contribution in [0.5, 0.6) is 0 Å². The predicted molar refractivity (Wildman–Crippen MR) is 58.1 cm³/mol. The van der Waals surface area contributed by atoms with E-state index >= 15 is 0 Å². The van der Waals surface area contributed by atoms with Crippen molar-refractivity contribution in [3.63, 3.8) is 0 Å². The van der Waals surface area contributed by atoms with Gasteiger partial charge in [0.05, 0.1) is 0 Å². The molecule has 2 N–H and O–H groups in total. The molecular formula is C11H19N3. The zero-order valence-electron chi connectivity index (χ0n) is 9.41. The normalized spacial score (nSPS) is 14.1. The first-order valence-corrected chi connectivity index (χ1v) is 4.97. The van der Waals surface area contributed by atoms with Gasteiger partial charge >= 0.3 is 0 Å². The molecule has 0 fully saturated rings. The fourth-order valence-corrected chi connectivity index (χ4v) is 1.20. The Balaban J connectivity index is 2.90. The Morgan fingerprint density at radius 3 is 2.57 bits per heavy atom. The van der Waals surface area contributed by atoms with Crippen LogP contribution in [0.4, 0.5) is 0 Å². The highest BCUT2D eigenvalue weighted by molar-refractivity contribution is 5.12. The summed E-state index contributed by atoms with van der Waals surface area (Å²) >= 11 is 0. The standard InChI is InChI=1S/C11H19N3/c1-8(12)7-10-13-6-5-9(14-10)11(2,3)4/h5-6,8H,7,12H2,1-4H3. The van der Waals surface area contributed by atoms with E-state index in [2.05, 4.69) is 30.7 Å². The Hall–Kier alpha value is -0.960. The van der Waals surface area contributed by atoms with Crippen LogP contribution in [0.25, 0.3) is 0 Å². The van der Waals surface area contributed by atoms with E-state index in [4.69, 9.17) is 5.73 Å². The van der Waals surface area contributed by atoms with Gasteiger partial charge < -0.3 is 5.73 Å². The summed E-state index contributed by atoms with van der Waals surface area (Å²) in [4.78, 5) is 8.70. The lowest BCUT2D eigenvalue weighted by Gasteiger charge is -2.18. The molecule has 3 heteroatoms. The molecule has 14 heavy (non-hydrogen) atoms. The van der Waals surface area contributed by atoms with Gasteiger partial charge in [0.15, 0.2) is 0 Å². The van der Waals surface area contributed by atoms with E-state index in [0.717, 1.165) is 17.9 Å². The zero-order chi connectivity index (χ0) is 10.8. The van der Waals surface area contributed by atoms with Crippen molar-refractivity contribution in [3.05, 3.63) is 23.8 Å². The average molecular weight is 193 g/mol. The highest BCUT2D eigenvalue weighted by Gasteiger charge is 2.15. The number of rotatable bonds is 2. The molecule has 0 spiro atoms. The lowest BCUT2D eigenvalue weighted by Crippen LogP contribution is -2.21. The fourth-order valence-electron chi connectivity index (χ4n) is 1.20. The molecule has 0 amide bonds. The number of aromatic nitrogens is 2. The smallest absolute Gasteiger partial charge is 0.130 e. The molecule has 0 radical (unpaired) electrons. The Morgan fingerprint density at radius 2 is 2.07 bits per heavy atom. The van der Waals surface area contributed by atoms with Crippen molar-refractivity contribution in [2.75, 3.05) is 0 Å². The lowest BCUT2D eigenvalue weighted by molar-refractivity contribution is 0.558. The van der Waals surface area contributed by atoms with Gasteiger partial charge in [-0.3, -0.25) is 0 Å². The summed E-state index contributed by atoms with van der Waals surface area (Å²) in [5.41, 5.74) is 6.85. The number of nitrogens with zero attached hydrogens (tertiary/aromatic N) is 2. The highest BCUT2D eigenvalue weighted by Crippen LogP contribution is 2.19. The molecule has 1 unspecified atom stereocenters. The van der Waals surface area contributed by atoms with Gasteiger partial charge in [0.2, 0.25) is 0 Å². The van der Waals surface area contributed by atoms with E-state index in [9.17, 15) is 0 Å². The van der Waals surface area contributed by atoms with Gasteiger partial charge in [-0.25, -0.2) is 9.97 Å². The second kappa shape index (κ2) is 4.05. The zero-order valence-corrected chi connectivity index (χ0v) is 9.41. The van der Waals surface area contributed by atoms with Crippen LogP contribution in [0, 0.1) is 0 Å². The van der Waals surface area contributed by atoms with Crippen molar-refractivity contribution in [1.29, 1.82) is 0 Å². The summed E-state index contributed by atoms with van der Waals surface area (Å²) in [6.45, 7) is 8.40. The van der Waals surface area contributed by atoms with Crippen molar-refractivity contribution in [1.82, 2.24) is 9.97 Å². The van der Waals surface area contributed by atoms with E-state index < -0.39 is 0 Å². The van der Waals surface area contributed by atoms with Crippen molar-refractivity contribution in [2.24, 2.45) is 5.73 Å². The Labute approximate surface area is 85.8 Å². The molecule has 1 aromatic rings. The molecule has 3 nitrogen and oxygen atoms in total. The molecule has 0 aromatic carbocycles. The minimum atomic E-state index is 0.0789. The summed E-state index contributed by atoms with van der Waals surface area (Å²) < 4.78 is 0. The van der Waals surface area contributed by atoms with Crippen LogP contribution >= 0.6 is 0 Å². The van der Waals surface area contributed by atoms with E-state index in [1.54, 1.807) is 0 Å². The first kappa shape index (κ1) is 11.1. The number of hydrogen-bond acceptors (Lipinski definition) is 3. The molecule has 0 aliphatic rings. The Kier molecular flexibility index (Phi) is 3.21. The molecule has 1 heterocycles. The first-order valence-electron chi connectivity index (χ1n) is 4.97. The highest BCUT2D eigenvalue weighted by atomic mass is 14.9. The molecule has 1 rings (SSSR count). The molecule has 0 bridgehead atoms. The summed E-state index contributed by atoms with van der Waals surface area (Å²) in [7, 11) is 0. The Morgan fingerprint density at radius 1 is 1.43 bits per heavy atom. The molecule has 0 saturated heterocycles. The third-order valence-electron chi connectivity index (χ3n) is 1.98. The van der Waals surface area contributed by atoms with Crippen LogP contribution < -0.4 is 5.73 Å². The van der Waals surface area contributed by atoms with E-state index in [1.165, 1.54) is 0 Å². The number of hydrogen-bond donors (Lipinski definition) is 1. The van der Waals surface area contributed by atoms with Crippen LogP contribution in [0.2, 0.25) is 0 Å². The maximum absolute atomic E-state index is 5.70. The number of nitrogens with two attached hydrogens (primary N) is 1. The second-order valence-corrected chi connectivity index (χ2v) is 4.79. The van der Waals surface area contributed by atoms with Gasteiger partial charge in [-0.15, -0.1) is 0 Å². The lowest BCUT2D eigenvalue weighted by atomic mass is 9.92. The van der Waals surface area contributed by atoms with E-state index in [1.807, 2.05) is 19.2 Å². The molecule has 0 saturated carbocycles. The first-order chi connectivity index (χ1) is 6.39. The van der Waals surface area contributed by atoms with Gasteiger partial charge in [0.1, 0.15) is 5.82 Å². The molecule has 0 aliphatic heterocycles. The summed E-state index contributed by atoms with van der Waals surface area (Å²) in [6, 6.07) is 2.08. The van der Waals surface area contributed by atoms with Crippen molar-refractivity contribution in [2.45, 2.75) is 45.6 Å². The van der Waals surface area contributed by atoms with Crippen LogP contribution in [-0.2, 0) is 11.8 Å². The molecule has 78 valence electrons. The SMILES string of the molecule is CC(N)Cc1nccc(C(C)(C)C)n1. The molecule has 1 aromatic heterocycles. The average Bonchev–Trinajstić information content (AvgIpc) is 2.01. The van der Waals surface area contributed by atoms with Gasteiger partial charge in [-0.05, 0) is 13.0 Å². The van der Waals surface area contributed by atoms with Crippen LogP contribution in [0.15, 0.2) is 12.3 Å². The van der Waals surface area contributed by atoms with Crippen molar-refractivity contribution < 1.29 is 0 Å². The van der Waals surface area contributed by atoms with E-state index in [0.29, 0.717) is 0 Å². The largest absolute Gasteiger partial charge is 0.328 e. The second-order valence-electron chi connectivity index (χ2n) is 4.79.